The molecule has 0 spiro atoms. The third-order valence-electron chi connectivity index (χ3n) is 2.82. The topological polar surface area (TPSA) is 91.7 Å². The molecule has 6 heteroatoms. The molecule has 104 valence electrons. The number of rotatable bonds is 3. The Morgan fingerprint density at radius 1 is 1.05 bits per heavy atom. The summed E-state index contributed by atoms with van der Waals surface area (Å²) in [6, 6.07) is 10.3. The number of aromatic carboxylic acids is 1. The molecule has 0 atom stereocenters. The van der Waals surface area contributed by atoms with E-state index in [1.54, 1.807) is 12.1 Å². The van der Waals surface area contributed by atoms with E-state index in [2.05, 4.69) is 0 Å². The van der Waals surface area contributed by atoms with Gasteiger partial charge in [0.15, 0.2) is 9.84 Å². The molecule has 0 fully saturated rings. The second kappa shape index (κ2) is 4.97. The van der Waals surface area contributed by atoms with Gasteiger partial charge in [-0.2, -0.15) is 0 Å². The first-order chi connectivity index (χ1) is 9.29. The first kappa shape index (κ1) is 14.1. The van der Waals surface area contributed by atoms with E-state index in [-0.39, 0.29) is 16.2 Å². The maximum Gasteiger partial charge on any atom is 0.339 e. The van der Waals surface area contributed by atoms with Crippen molar-refractivity contribution < 1.29 is 23.4 Å². The summed E-state index contributed by atoms with van der Waals surface area (Å²) in [5.41, 5.74) is 0.922. The van der Waals surface area contributed by atoms with E-state index in [0.717, 1.165) is 6.26 Å². The van der Waals surface area contributed by atoms with Gasteiger partial charge in [-0.25, -0.2) is 13.2 Å². The molecule has 0 aliphatic heterocycles. The Morgan fingerprint density at radius 2 is 1.70 bits per heavy atom. The van der Waals surface area contributed by atoms with E-state index in [1.165, 1.54) is 30.3 Å². The van der Waals surface area contributed by atoms with Crippen LogP contribution in [-0.4, -0.2) is 30.9 Å². The van der Waals surface area contributed by atoms with Crippen molar-refractivity contribution >= 4 is 15.8 Å². The smallest absolute Gasteiger partial charge is 0.339 e. The number of phenols is 1. The van der Waals surface area contributed by atoms with Gasteiger partial charge in [-0.05, 0) is 35.4 Å². The van der Waals surface area contributed by atoms with Gasteiger partial charge in [0.2, 0.25) is 0 Å². The zero-order valence-corrected chi connectivity index (χ0v) is 11.4. The van der Waals surface area contributed by atoms with Crippen LogP contribution in [0.4, 0.5) is 0 Å². The highest BCUT2D eigenvalue weighted by atomic mass is 32.2. The van der Waals surface area contributed by atoms with Crippen LogP contribution in [0, 0.1) is 0 Å². The molecule has 0 unspecified atom stereocenters. The maximum atomic E-state index is 11.5. The Hall–Kier alpha value is -2.34. The maximum absolute atomic E-state index is 11.5. The Kier molecular flexibility index (Phi) is 3.50. The molecule has 0 bridgehead atoms. The normalized spacial score (nSPS) is 11.2. The summed E-state index contributed by atoms with van der Waals surface area (Å²) >= 11 is 0. The van der Waals surface area contributed by atoms with Crippen molar-refractivity contribution in [2.24, 2.45) is 0 Å². The van der Waals surface area contributed by atoms with E-state index in [0.29, 0.717) is 11.1 Å². The lowest BCUT2D eigenvalue weighted by molar-refractivity contribution is 0.0694. The summed E-state index contributed by atoms with van der Waals surface area (Å²) in [5, 5.41) is 18.5. The molecule has 0 amide bonds. The first-order valence-electron chi connectivity index (χ1n) is 5.66. The summed E-state index contributed by atoms with van der Waals surface area (Å²) in [6.45, 7) is 0. The largest absolute Gasteiger partial charge is 0.507 e. The third kappa shape index (κ3) is 2.80. The molecule has 0 radical (unpaired) electrons. The Labute approximate surface area is 116 Å². The van der Waals surface area contributed by atoms with Crippen LogP contribution in [0.1, 0.15) is 10.4 Å². The molecular weight excluding hydrogens is 280 g/mol. The molecule has 0 heterocycles. The first-order valence-corrected chi connectivity index (χ1v) is 7.55. The van der Waals surface area contributed by atoms with E-state index >= 15 is 0 Å². The number of carboxylic acid groups (broad SMARTS) is 1. The molecule has 0 aromatic heterocycles. The second-order valence-electron chi connectivity index (χ2n) is 4.34. The fourth-order valence-electron chi connectivity index (χ4n) is 1.80. The third-order valence-corrected chi connectivity index (χ3v) is 3.93. The van der Waals surface area contributed by atoms with Crippen molar-refractivity contribution in [1.82, 2.24) is 0 Å². The average molecular weight is 292 g/mol. The number of benzene rings is 2. The van der Waals surface area contributed by atoms with E-state index in [9.17, 15) is 18.3 Å². The van der Waals surface area contributed by atoms with Crippen molar-refractivity contribution in [3.63, 3.8) is 0 Å². The van der Waals surface area contributed by atoms with Crippen LogP contribution in [0.15, 0.2) is 47.4 Å². The summed E-state index contributed by atoms with van der Waals surface area (Å²) in [5.74, 6) is -1.58. The Bertz CT molecular complexity index is 778. The van der Waals surface area contributed by atoms with Crippen LogP contribution in [0.3, 0.4) is 0 Å². The molecule has 2 aromatic carbocycles. The van der Waals surface area contributed by atoms with Crippen molar-refractivity contribution in [3.8, 4) is 16.9 Å². The van der Waals surface area contributed by atoms with Gasteiger partial charge in [-0.15, -0.1) is 0 Å². The Morgan fingerprint density at radius 3 is 2.25 bits per heavy atom. The molecular formula is C14H12O5S. The van der Waals surface area contributed by atoms with Gasteiger partial charge in [0, 0.05) is 6.26 Å². The lowest BCUT2D eigenvalue weighted by atomic mass is 10.0. The van der Waals surface area contributed by atoms with E-state index in [4.69, 9.17) is 5.11 Å². The standard InChI is InChI=1S/C14H12O5S/c1-20(18,19)11-4-2-3-9(7-11)10-5-6-12(14(16)17)13(15)8-10/h2-8,15H,1H3,(H,16,17). The molecule has 2 N–H and O–H groups in total. The fraction of sp³-hybridized carbons (Fsp3) is 0.0714. The zero-order valence-electron chi connectivity index (χ0n) is 10.6. The van der Waals surface area contributed by atoms with E-state index in [1.807, 2.05) is 0 Å². The number of carbonyl (C=O) groups is 1. The lowest BCUT2D eigenvalue weighted by Gasteiger charge is -2.06. The highest BCUT2D eigenvalue weighted by molar-refractivity contribution is 7.90. The van der Waals surface area contributed by atoms with Crippen molar-refractivity contribution in [3.05, 3.63) is 48.0 Å². The second-order valence-corrected chi connectivity index (χ2v) is 6.35. The van der Waals surface area contributed by atoms with Gasteiger partial charge < -0.3 is 10.2 Å². The molecule has 2 rings (SSSR count). The number of hydrogen-bond donors (Lipinski definition) is 2. The Balaban J connectivity index is 2.53. The van der Waals surface area contributed by atoms with Gasteiger partial charge in [-0.3, -0.25) is 0 Å². The number of aromatic hydroxyl groups is 1. The van der Waals surface area contributed by atoms with Crippen molar-refractivity contribution in [2.45, 2.75) is 4.90 Å². The molecule has 2 aromatic rings. The molecule has 0 aliphatic rings. The average Bonchev–Trinajstić information content (AvgIpc) is 2.37. The van der Waals surface area contributed by atoms with Crippen LogP contribution in [-0.2, 0) is 9.84 Å². The lowest BCUT2D eigenvalue weighted by Crippen LogP contribution is -1.98. The quantitative estimate of drug-likeness (QED) is 0.904. The monoisotopic (exact) mass is 292 g/mol. The predicted molar refractivity (Wildman–Crippen MR) is 73.6 cm³/mol. The van der Waals surface area contributed by atoms with Crippen molar-refractivity contribution in [1.29, 1.82) is 0 Å². The highest BCUT2D eigenvalue weighted by Crippen LogP contribution is 2.28. The van der Waals surface area contributed by atoms with Gasteiger partial charge in [0.25, 0.3) is 0 Å². The fourth-order valence-corrected chi connectivity index (χ4v) is 2.47. The summed E-state index contributed by atoms with van der Waals surface area (Å²) in [7, 11) is -3.32. The van der Waals surface area contributed by atoms with E-state index < -0.39 is 15.8 Å². The van der Waals surface area contributed by atoms with Gasteiger partial charge in [0.05, 0.1) is 4.90 Å². The minimum absolute atomic E-state index is 0.164. The van der Waals surface area contributed by atoms with Crippen LogP contribution in [0.25, 0.3) is 11.1 Å². The minimum atomic E-state index is -3.32. The minimum Gasteiger partial charge on any atom is -0.507 e. The highest BCUT2D eigenvalue weighted by Gasteiger charge is 2.12. The zero-order chi connectivity index (χ0) is 14.9. The van der Waals surface area contributed by atoms with Crippen LogP contribution in [0.2, 0.25) is 0 Å². The number of sulfone groups is 1. The predicted octanol–water partition coefficient (Wildman–Crippen LogP) is 2.16. The summed E-state index contributed by atoms with van der Waals surface area (Å²) in [4.78, 5) is 11.0. The molecule has 0 saturated carbocycles. The molecule has 0 aliphatic carbocycles. The van der Waals surface area contributed by atoms with Crippen LogP contribution in [0.5, 0.6) is 5.75 Å². The van der Waals surface area contributed by atoms with Crippen LogP contribution < -0.4 is 0 Å². The van der Waals surface area contributed by atoms with Crippen molar-refractivity contribution in [2.75, 3.05) is 6.26 Å². The van der Waals surface area contributed by atoms with Gasteiger partial charge in [0.1, 0.15) is 11.3 Å². The summed E-state index contributed by atoms with van der Waals surface area (Å²) in [6.07, 6.45) is 1.11. The van der Waals surface area contributed by atoms with Gasteiger partial charge in [-0.1, -0.05) is 18.2 Å². The molecule has 5 nitrogen and oxygen atoms in total. The number of hydrogen-bond acceptors (Lipinski definition) is 4. The molecule has 20 heavy (non-hydrogen) atoms. The summed E-state index contributed by atoms with van der Waals surface area (Å²) < 4.78 is 23.0. The van der Waals surface area contributed by atoms with Crippen LogP contribution >= 0.6 is 0 Å². The SMILES string of the molecule is CS(=O)(=O)c1cccc(-c2ccc(C(=O)O)c(O)c2)c1. The van der Waals surface area contributed by atoms with Gasteiger partial charge >= 0.3 is 5.97 Å². The number of carboxylic acids is 1. The molecule has 0 saturated heterocycles.